The van der Waals surface area contributed by atoms with E-state index in [0.717, 1.165) is 48.8 Å². The smallest absolute Gasteiger partial charge is 0.242 e. The Balaban J connectivity index is 1.44. The van der Waals surface area contributed by atoms with E-state index in [0.29, 0.717) is 23.8 Å². The lowest BCUT2D eigenvalue weighted by Gasteiger charge is -2.35. The molecule has 2 aliphatic rings. The fraction of sp³-hybridized carbons (Fsp3) is 0.345. The molecule has 1 amide bonds. The molecule has 1 aliphatic carbocycles. The second-order valence-corrected chi connectivity index (χ2v) is 9.75. The van der Waals surface area contributed by atoms with E-state index in [9.17, 15) is 4.79 Å². The van der Waals surface area contributed by atoms with Gasteiger partial charge in [-0.25, -0.2) is 0 Å². The van der Waals surface area contributed by atoms with Gasteiger partial charge in [-0.05, 0) is 55.3 Å². The zero-order chi connectivity index (χ0) is 26.0. The van der Waals surface area contributed by atoms with Gasteiger partial charge in [0.25, 0.3) is 0 Å². The van der Waals surface area contributed by atoms with Crippen molar-refractivity contribution in [2.24, 2.45) is 0 Å². The van der Waals surface area contributed by atoms with Crippen LogP contribution in [-0.2, 0) is 10.2 Å². The summed E-state index contributed by atoms with van der Waals surface area (Å²) >= 11 is 0. The fourth-order valence-electron chi connectivity index (χ4n) is 4.96. The monoisotopic (exact) mass is 499 g/mol. The molecule has 37 heavy (non-hydrogen) atoms. The minimum absolute atomic E-state index is 0.209. The van der Waals surface area contributed by atoms with Crippen molar-refractivity contribution in [1.82, 2.24) is 15.0 Å². The quantitative estimate of drug-likeness (QED) is 0.539. The van der Waals surface area contributed by atoms with Gasteiger partial charge >= 0.3 is 0 Å². The molecule has 0 radical (unpaired) electrons. The molecule has 1 unspecified atom stereocenters. The summed E-state index contributed by atoms with van der Waals surface area (Å²) in [7, 11) is 3.80. The summed E-state index contributed by atoms with van der Waals surface area (Å²) < 4.78 is 10.9. The number of allylic oxidation sites excluding steroid dienone is 3. The number of hydrogen-bond donors (Lipinski definition) is 1. The van der Waals surface area contributed by atoms with Crippen molar-refractivity contribution in [3.63, 3.8) is 0 Å². The number of hydrogen-bond acceptors (Lipinski definition) is 7. The van der Waals surface area contributed by atoms with Crippen molar-refractivity contribution in [1.29, 1.82) is 0 Å². The second kappa shape index (κ2) is 10.2. The van der Waals surface area contributed by atoms with Crippen molar-refractivity contribution in [2.45, 2.75) is 25.7 Å². The first-order valence-electron chi connectivity index (χ1n) is 12.6. The largest absolute Gasteiger partial charge is 0.495 e. The molecular formula is C29H33N5O3. The Bertz CT molecular complexity index is 1350. The first-order chi connectivity index (χ1) is 17.9. The van der Waals surface area contributed by atoms with Crippen LogP contribution in [-0.4, -0.2) is 61.3 Å². The molecule has 3 aromatic rings. The third-order valence-electron chi connectivity index (χ3n) is 7.26. The Morgan fingerprint density at radius 3 is 2.54 bits per heavy atom. The van der Waals surface area contributed by atoms with Gasteiger partial charge in [-0.15, -0.1) is 0 Å². The minimum atomic E-state index is -1.09. The molecule has 192 valence electrons. The number of ether oxygens (including phenoxy) is 1. The molecule has 1 N–H and O–H groups in total. The summed E-state index contributed by atoms with van der Waals surface area (Å²) in [5, 5.41) is 7.29. The first-order valence-corrected chi connectivity index (χ1v) is 12.6. The van der Waals surface area contributed by atoms with Gasteiger partial charge < -0.3 is 24.4 Å². The number of benzene rings is 2. The zero-order valence-corrected chi connectivity index (χ0v) is 21.8. The molecule has 2 heterocycles. The van der Waals surface area contributed by atoms with Gasteiger partial charge in [-0.2, -0.15) is 4.98 Å². The maximum atomic E-state index is 13.9. The molecule has 1 fully saturated rings. The Hall–Kier alpha value is -3.91. The highest BCUT2D eigenvalue weighted by Crippen LogP contribution is 2.38. The van der Waals surface area contributed by atoms with Crippen molar-refractivity contribution in [2.75, 3.05) is 50.6 Å². The Morgan fingerprint density at radius 2 is 1.89 bits per heavy atom. The molecule has 1 atom stereocenters. The van der Waals surface area contributed by atoms with E-state index in [-0.39, 0.29) is 5.91 Å². The predicted molar refractivity (Wildman–Crippen MR) is 145 cm³/mol. The van der Waals surface area contributed by atoms with Crippen LogP contribution in [0.25, 0.3) is 5.57 Å². The van der Waals surface area contributed by atoms with Gasteiger partial charge in [-0.1, -0.05) is 47.7 Å². The second-order valence-electron chi connectivity index (χ2n) is 9.75. The van der Waals surface area contributed by atoms with E-state index in [1.54, 1.807) is 14.0 Å². The van der Waals surface area contributed by atoms with Crippen molar-refractivity contribution in [3.8, 4) is 5.75 Å². The number of rotatable bonds is 6. The number of piperazine rings is 1. The van der Waals surface area contributed by atoms with E-state index < -0.39 is 5.41 Å². The maximum absolute atomic E-state index is 13.9. The summed E-state index contributed by atoms with van der Waals surface area (Å²) in [6, 6.07) is 14.0. The van der Waals surface area contributed by atoms with E-state index in [1.165, 1.54) is 5.56 Å². The highest BCUT2D eigenvalue weighted by atomic mass is 16.5. The van der Waals surface area contributed by atoms with Gasteiger partial charge in [0.1, 0.15) is 11.2 Å². The van der Waals surface area contributed by atoms with Crippen LogP contribution < -0.4 is 15.0 Å². The van der Waals surface area contributed by atoms with Crippen LogP contribution >= 0.6 is 0 Å². The molecule has 5 rings (SSSR count). The molecule has 1 aromatic heterocycles. The fourth-order valence-corrected chi connectivity index (χ4v) is 4.96. The minimum Gasteiger partial charge on any atom is -0.495 e. The third-order valence-corrected chi connectivity index (χ3v) is 7.26. The number of anilines is 2. The normalized spacial score (nSPS) is 20.0. The number of amides is 1. The number of likely N-dealkylation sites (N-methyl/N-ethyl adjacent to an activating group) is 1. The molecule has 0 spiro atoms. The van der Waals surface area contributed by atoms with Gasteiger partial charge in [0, 0.05) is 38.8 Å². The van der Waals surface area contributed by atoms with E-state index in [4.69, 9.17) is 9.26 Å². The lowest BCUT2D eigenvalue weighted by atomic mass is 9.77. The maximum Gasteiger partial charge on any atom is 0.242 e. The summed E-state index contributed by atoms with van der Waals surface area (Å²) in [5.74, 6) is 1.35. The number of aromatic nitrogens is 2. The van der Waals surface area contributed by atoms with Crippen molar-refractivity contribution >= 4 is 22.9 Å². The van der Waals surface area contributed by atoms with Crippen molar-refractivity contribution in [3.05, 3.63) is 83.5 Å². The SMILES string of the molecule is COc1ccc(NC(=O)C2(c3noc(C)n3)C=CC(c3ccccc3C)=CC2)cc1N1CCN(C)CC1. The van der Waals surface area contributed by atoms with E-state index in [1.807, 2.05) is 42.5 Å². The molecule has 8 heteroatoms. The topological polar surface area (TPSA) is 83.7 Å². The number of nitrogens with zero attached hydrogens (tertiary/aromatic N) is 4. The Kier molecular flexibility index (Phi) is 6.84. The van der Waals surface area contributed by atoms with Gasteiger partial charge in [-0.3, -0.25) is 4.79 Å². The predicted octanol–water partition coefficient (Wildman–Crippen LogP) is 4.37. The lowest BCUT2D eigenvalue weighted by Crippen LogP contribution is -2.44. The van der Waals surface area contributed by atoms with Crippen LogP contribution in [0.4, 0.5) is 11.4 Å². The standard InChI is InChI=1S/C29H33N5O3/c1-20-7-5-6-8-24(20)22-11-13-29(14-12-22,27-30-21(2)37-32-27)28(35)31-23-9-10-26(36-4)25(19-23)34-17-15-33(3)16-18-34/h5-13,19H,14-18H2,1-4H3,(H,31,35). The van der Waals surface area contributed by atoms with Crippen LogP contribution in [0.5, 0.6) is 5.75 Å². The van der Waals surface area contributed by atoms with Crippen LogP contribution in [0.2, 0.25) is 0 Å². The number of carbonyl (C=O) groups is 1. The van der Waals surface area contributed by atoms with Gasteiger partial charge in [0.05, 0.1) is 12.8 Å². The van der Waals surface area contributed by atoms with Crippen molar-refractivity contribution < 1.29 is 14.1 Å². The summed E-state index contributed by atoms with van der Waals surface area (Å²) in [5.41, 5.74) is 3.98. The van der Waals surface area contributed by atoms with Gasteiger partial charge in [0.15, 0.2) is 5.82 Å². The summed E-state index contributed by atoms with van der Waals surface area (Å²) in [6.07, 6.45) is 6.39. The van der Waals surface area contributed by atoms with E-state index in [2.05, 4.69) is 57.4 Å². The number of carbonyl (C=O) groups excluding carboxylic acids is 1. The molecule has 2 aromatic carbocycles. The molecular weight excluding hydrogens is 466 g/mol. The molecule has 0 bridgehead atoms. The van der Waals surface area contributed by atoms with E-state index >= 15 is 0 Å². The van der Waals surface area contributed by atoms with Gasteiger partial charge in [0.2, 0.25) is 11.8 Å². The zero-order valence-electron chi connectivity index (χ0n) is 21.8. The van der Waals surface area contributed by atoms with Crippen LogP contribution in [0.1, 0.15) is 29.3 Å². The third kappa shape index (κ3) is 4.89. The lowest BCUT2D eigenvalue weighted by molar-refractivity contribution is -0.120. The summed E-state index contributed by atoms with van der Waals surface area (Å²) in [4.78, 5) is 23.0. The molecule has 1 saturated heterocycles. The first kappa shape index (κ1) is 24.8. The average molecular weight is 500 g/mol. The number of aryl methyl sites for hydroxylation is 2. The van der Waals surface area contributed by atoms with Crippen LogP contribution in [0.15, 0.2) is 65.2 Å². The Labute approximate surface area is 217 Å². The molecule has 0 saturated carbocycles. The Morgan fingerprint density at radius 1 is 1.11 bits per heavy atom. The molecule has 8 nitrogen and oxygen atoms in total. The highest BCUT2D eigenvalue weighted by Gasteiger charge is 2.43. The molecule has 1 aliphatic heterocycles. The van der Waals surface area contributed by atoms with Crippen LogP contribution in [0.3, 0.4) is 0 Å². The number of methoxy groups -OCH3 is 1. The number of nitrogens with one attached hydrogen (secondary N) is 1. The average Bonchev–Trinajstić information content (AvgIpc) is 3.36. The summed E-state index contributed by atoms with van der Waals surface area (Å²) in [6.45, 7) is 7.55. The van der Waals surface area contributed by atoms with Crippen LogP contribution in [0, 0.1) is 13.8 Å². The highest BCUT2D eigenvalue weighted by molar-refractivity contribution is 6.02.